The topological polar surface area (TPSA) is 72.5 Å². The van der Waals surface area contributed by atoms with Crippen molar-refractivity contribution >= 4 is 5.97 Å². The predicted molar refractivity (Wildman–Crippen MR) is 65.5 cm³/mol. The van der Waals surface area contributed by atoms with Crippen molar-refractivity contribution in [3.8, 4) is 5.75 Å². The second-order valence-electron chi connectivity index (χ2n) is 4.88. The van der Waals surface area contributed by atoms with Crippen molar-refractivity contribution in [2.24, 2.45) is 11.1 Å². The van der Waals surface area contributed by atoms with Crippen LogP contribution in [0.15, 0.2) is 12.1 Å². The van der Waals surface area contributed by atoms with Gasteiger partial charge in [-0.2, -0.15) is 0 Å². The van der Waals surface area contributed by atoms with Gasteiger partial charge in [0.15, 0.2) is 11.6 Å². The Balaban J connectivity index is 3.26. The molecule has 0 amide bonds. The van der Waals surface area contributed by atoms with E-state index in [1.807, 2.05) is 0 Å². The van der Waals surface area contributed by atoms with E-state index in [2.05, 4.69) is 4.74 Å². The van der Waals surface area contributed by atoms with E-state index in [4.69, 9.17) is 5.73 Å². The highest BCUT2D eigenvalue weighted by Crippen LogP contribution is 2.38. The third-order valence-corrected chi connectivity index (χ3v) is 3.06. The van der Waals surface area contributed by atoms with Gasteiger partial charge in [0.25, 0.3) is 0 Å². The summed E-state index contributed by atoms with van der Waals surface area (Å²) in [5.41, 5.74) is 5.72. The molecule has 0 aliphatic heterocycles. The number of nitrogens with two attached hydrogens (primary N) is 1. The quantitative estimate of drug-likeness (QED) is 0.811. The van der Waals surface area contributed by atoms with E-state index in [0.29, 0.717) is 5.56 Å². The number of phenolic OH excluding ortho intramolecular Hbond substituents is 1. The summed E-state index contributed by atoms with van der Waals surface area (Å²) in [6, 6.07) is 1.91. The molecule has 1 aromatic carbocycles. The van der Waals surface area contributed by atoms with Crippen LogP contribution in [0.1, 0.15) is 31.0 Å². The van der Waals surface area contributed by atoms with E-state index in [1.165, 1.54) is 13.2 Å². The average molecular weight is 255 g/mol. The van der Waals surface area contributed by atoms with Gasteiger partial charge in [-0.3, -0.25) is 4.79 Å². The minimum absolute atomic E-state index is 0.197. The molecular weight excluding hydrogens is 237 g/mol. The largest absolute Gasteiger partial charge is 0.505 e. The molecule has 1 atom stereocenters. The van der Waals surface area contributed by atoms with Gasteiger partial charge < -0.3 is 15.6 Å². The molecule has 1 aromatic rings. The van der Waals surface area contributed by atoms with Crippen LogP contribution in [-0.4, -0.2) is 18.2 Å². The highest BCUT2D eigenvalue weighted by molar-refractivity contribution is 5.77. The zero-order chi connectivity index (χ0) is 14.1. The summed E-state index contributed by atoms with van der Waals surface area (Å²) in [6.07, 6.45) is 0. The molecule has 3 N–H and O–H groups in total. The second-order valence-corrected chi connectivity index (χ2v) is 4.88. The van der Waals surface area contributed by atoms with Crippen molar-refractivity contribution in [1.29, 1.82) is 0 Å². The summed E-state index contributed by atoms with van der Waals surface area (Å²) in [5.74, 6) is -1.79. The lowest BCUT2D eigenvalue weighted by Crippen LogP contribution is -2.37. The molecule has 100 valence electrons. The van der Waals surface area contributed by atoms with Crippen molar-refractivity contribution in [1.82, 2.24) is 0 Å². The van der Waals surface area contributed by atoms with Crippen molar-refractivity contribution < 1.29 is 19.0 Å². The lowest BCUT2D eigenvalue weighted by molar-refractivity contribution is -0.152. The van der Waals surface area contributed by atoms with Crippen molar-refractivity contribution in [2.45, 2.75) is 26.8 Å². The molecule has 1 rings (SSSR count). The van der Waals surface area contributed by atoms with Crippen LogP contribution in [-0.2, 0) is 9.53 Å². The van der Waals surface area contributed by atoms with E-state index in [-0.39, 0.29) is 5.56 Å². The summed E-state index contributed by atoms with van der Waals surface area (Å²) in [7, 11) is 1.26. The Hall–Kier alpha value is -1.62. The number of ether oxygens (including phenoxy) is 1. The maximum Gasteiger partial charge on any atom is 0.313 e. The molecule has 0 aromatic heterocycles. The van der Waals surface area contributed by atoms with Crippen LogP contribution in [0.5, 0.6) is 5.75 Å². The Bertz CT molecular complexity index is 472. The Kier molecular flexibility index (Phi) is 3.96. The summed E-state index contributed by atoms with van der Waals surface area (Å²) in [5, 5.41) is 9.70. The monoisotopic (exact) mass is 255 g/mol. The summed E-state index contributed by atoms with van der Waals surface area (Å²) in [4.78, 5) is 11.7. The van der Waals surface area contributed by atoms with Crippen LogP contribution >= 0.6 is 0 Å². The molecule has 0 aliphatic rings. The van der Waals surface area contributed by atoms with Crippen LogP contribution in [0.3, 0.4) is 0 Å². The standard InChI is InChI=1S/C13H18FNO3/c1-7-5-8(10(16)9(14)6-7)11(15)13(2,3)12(17)18-4/h5-6,11,16H,15H2,1-4H3/t11-/m1/s1. The minimum Gasteiger partial charge on any atom is -0.505 e. The van der Waals surface area contributed by atoms with Crippen molar-refractivity contribution in [3.05, 3.63) is 29.1 Å². The molecule has 0 spiro atoms. The number of hydrogen-bond acceptors (Lipinski definition) is 4. The number of rotatable bonds is 3. The van der Waals surface area contributed by atoms with Crippen LogP contribution in [0.25, 0.3) is 0 Å². The van der Waals surface area contributed by atoms with Crippen LogP contribution in [0.4, 0.5) is 4.39 Å². The predicted octanol–water partition coefficient (Wildman–Crippen LogP) is 2.04. The van der Waals surface area contributed by atoms with E-state index in [0.717, 1.165) is 0 Å². The fourth-order valence-corrected chi connectivity index (χ4v) is 1.78. The fraction of sp³-hybridized carbons (Fsp3) is 0.462. The van der Waals surface area contributed by atoms with Gasteiger partial charge >= 0.3 is 5.97 Å². The molecule has 0 saturated heterocycles. The van der Waals surface area contributed by atoms with Gasteiger partial charge in [-0.15, -0.1) is 0 Å². The first-order chi connectivity index (χ1) is 8.21. The minimum atomic E-state index is -1.06. The van der Waals surface area contributed by atoms with Gasteiger partial charge in [-0.1, -0.05) is 6.07 Å². The summed E-state index contributed by atoms with van der Waals surface area (Å²) >= 11 is 0. The Morgan fingerprint density at radius 2 is 2.06 bits per heavy atom. The van der Waals surface area contributed by atoms with Crippen molar-refractivity contribution in [3.63, 3.8) is 0 Å². The molecule has 0 fully saturated rings. The van der Waals surface area contributed by atoms with Crippen molar-refractivity contribution in [2.75, 3.05) is 7.11 Å². The Labute approximate surface area is 106 Å². The molecule has 0 bridgehead atoms. The zero-order valence-electron chi connectivity index (χ0n) is 11.0. The number of aryl methyl sites for hydroxylation is 1. The fourth-order valence-electron chi connectivity index (χ4n) is 1.78. The molecule has 0 unspecified atom stereocenters. The molecule has 0 heterocycles. The van der Waals surface area contributed by atoms with Gasteiger partial charge in [-0.25, -0.2) is 4.39 Å². The number of carbonyl (C=O) groups is 1. The zero-order valence-corrected chi connectivity index (χ0v) is 11.0. The molecule has 0 aliphatic carbocycles. The van der Waals surface area contributed by atoms with Gasteiger partial charge in [0, 0.05) is 11.6 Å². The van der Waals surface area contributed by atoms with E-state index in [1.54, 1.807) is 26.8 Å². The van der Waals surface area contributed by atoms with Gasteiger partial charge in [0.05, 0.1) is 12.5 Å². The number of esters is 1. The molecular formula is C13H18FNO3. The Morgan fingerprint density at radius 3 is 2.56 bits per heavy atom. The first-order valence-corrected chi connectivity index (χ1v) is 5.54. The number of halogens is 1. The number of benzene rings is 1. The smallest absolute Gasteiger partial charge is 0.313 e. The number of methoxy groups -OCH3 is 1. The average Bonchev–Trinajstić information content (AvgIpc) is 2.31. The lowest BCUT2D eigenvalue weighted by Gasteiger charge is -2.29. The third-order valence-electron chi connectivity index (χ3n) is 3.06. The van der Waals surface area contributed by atoms with Gasteiger partial charge in [0.1, 0.15) is 0 Å². The normalized spacial score (nSPS) is 13.2. The van der Waals surface area contributed by atoms with Gasteiger partial charge in [0.2, 0.25) is 0 Å². The summed E-state index contributed by atoms with van der Waals surface area (Å²) < 4.78 is 18.1. The highest BCUT2D eigenvalue weighted by Gasteiger charge is 2.38. The third kappa shape index (κ3) is 2.46. The molecule has 5 heteroatoms. The Morgan fingerprint density at radius 1 is 1.50 bits per heavy atom. The molecule has 4 nitrogen and oxygen atoms in total. The second kappa shape index (κ2) is 4.94. The lowest BCUT2D eigenvalue weighted by atomic mass is 9.80. The van der Waals surface area contributed by atoms with E-state index >= 15 is 0 Å². The van der Waals surface area contributed by atoms with Gasteiger partial charge in [-0.05, 0) is 32.4 Å². The number of phenols is 1. The first-order valence-electron chi connectivity index (χ1n) is 5.54. The number of carbonyl (C=O) groups excluding carboxylic acids is 1. The van der Waals surface area contributed by atoms with Crippen LogP contribution in [0, 0.1) is 18.2 Å². The molecule has 0 saturated carbocycles. The highest BCUT2D eigenvalue weighted by atomic mass is 19.1. The maximum atomic E-state index is 13.4. The number of aromatic hydroxyl groups is 1. The summed E-state index contributed by atoms with van der Waals surface area (Å²) in [6.45, 7) is 4.86. The molecule has 0 radical (unpaired) electrons. The van der Waals surface area contributed by atoms with Crippen LogP contribution in [0.2, 0.25) is 0 Å². The maximum absolute atomic E-state index is 13.4. The van der Waals surface area contributed by atoms with Crippen LogP contribution < -0.4 is 5.73 Å². The van der Waals surface area contributed by atoms with E-state index in [9.17, 15) is 14.3 Å². The van der Waals surface area contributed by atoms with E-state index < -0.39 is 29.0 Å². The first kappa shape index (κ1) is 14.4. The molecule has 18 heavy (non-hydrogen) atoms. The number of hydrogen-bond donors (Lipinski definition) is 2. The SMILES string of the molecule is COC(=O)C(C)(C)[C@H](N)c1cc(C)cc(F)c1O.